The molecule has 2 heterocycles. The Bertz CT molecular complexity index is 586. The fourth-order valence-corrected chi connectivity index (χ4v) is 3.26. The van der Waals surface area contributed by atoms with E-state index in [1.807, 2.05) is 22.4 Å². The first-order chi connectivity index (χ1) is 9.26. The van der Waals surface area contributed by atoms with E-state index in [-0.39, 0.29) is 5.91 Å². The summed E-state index contributed by atoms with van der Waals surface area (Å²) in [5, 5.41) is 2.76. The van der Waals surface area contributed by atoms with Gasteiger partial charge in [-0.05, 0) is 11.1 Å². The second kappa shape index (κ2) is 5.31. The molecule has 3 nitrogen and oxygen atoms in total. The van der Waals surface area contributed by atoms with Crippen molar-refractivity contribution in [3.63, 3.8) is 0 Å². The largest absolute Gasteiger partial charge is 0.334 e. The van der Waals surface area contributed by atoms with Crippen LogP contribution in [0.25, 0.3) is 0 Å². The maximum atomic E-state index is 12.2. The number of hydrogen-bond donors (Lipinski definition) is 0. The molecule has 0 saturated carbocycles. The predicted molar refractivity (Wildman–Crippen MR) is 76.1 cm³/mol. The van der Waals surface area contributed by atoms with Crippen molar-refractivity contribution in [1.82, 2.24) is 9.88 Å². The highest BCUT2D eigenvalue weighted by Crippen LogP contribution is 2.23. The number of fused-ring (bicyclic) bond motifs is 1. The van der Waals surface area contributed by atoms with Gasteiger partial charge in [0.15, 0.2) is 0 Å². The van der Waals surface area contributed by atoms with Crippen LogP contribution in [0.1, 0.15) is 21.8 Å². The lowest BCUT2D eigenvalue weighted by Crippen LogP contribution is -2.26. The molecule has 0 atom stereocenters. The summed E-state index contributed by atoms with van der Waals surface area (Å²) in [6.07, 6.45) is 0.371. The maximum Gasteiger partial charge on any atom is 0.230 e. The first-order valence-corrected chi connectivity index (χ1v) is 7.51. The second-order valence-electron chi connectivity index (χ2n) is 4.56. The van der Waals surface area contributed by atoms with E-state index in [9.17, 15) is 4.79 Å². The molecule has 0 radical (unpaired) electrons. The van der Waals surface area contributed by atoms with Gasteiger partial charge < -0.3 is 4.90 Å². The van der Waals surface area contributed by atoms with Crippen LogP contribution in [0, 0.1) is 0 Å². The van der Waals surface area contributed by atoms with Gasteiger partial charge in [-0.25, -0.2) is 4.98 Å². The van der Waals surface area contributed by atoms with Crippen molar-refractivity contribution >= 4 is 28.8 Å². The van der Waals surface area contributed by atoms with Gasteiger partial charge in [0.1, 0.15) is 5.01 Å². The molecule has 1 aromatic heterocycles. The maximum absolute atomic E-state index is 12.2. The highest BCUT2D eigenvalue weighted by Gasteiger charge is 2.23. The van der Waals surface area contributed by atoms with Gasteiger partial charge >= 0.3 is 0 Å². The number of benzene rings is 1. The molecule has 0 bridgehead atoms. The van der Waals surface area contributed by atoms with Crippen LogP contribution < -0.4 is 0 Å². The number of nitrogens with zero attached hydrogens (tertiary/aromatic N) is 2. The van der Waals surface area contributed by atoms with Gasteiger partial charge in [0, 0.05) is 18.5 Å². The summed E-state index contributed by atoms with van der Waals surface area (Å²) in [5.74, 6) is 0.534. The van der Waals surface area contributed by atoms with Crippen LogP contribution in [0.3, 0.4) is 0 Å². The summed E-state index contributed by atoms with van der Waals surface area (Å²) < 4.78 is 0. The minimum absolute atomic E-state index is 0.131. The van der Waals surface area contributed by atoms with Crippen molar-refractivity contribution in [3.05, 3.63) is 51.5 Å². The molecule has 0 spiro atoms. The summed E-state index contributed by atoms with van der Waals surface area (Å²) in [6.45, 7) is 1.42. The summed E-state index contributed by atoms with van der Waals surface area (Å²) in [7, 11) is 0. The predicted octanol–water partition coefficient (Wildman–Crippen LogP) is 2.97. The van der Waals surface area contributed by atoms with Crippen molar-refractivity contribution < 1.29 is 4.79 Å². The van der Waals surface area contributed by atoms with Crippen LogP contribution >= 0.6 is 22.9 Å². The quantitative estimate of drug-likeness (QED) is 0.815. The zero-order chi connectivity index (χ0) is 13.2. The van der Waals surface area contributed by atoms with E-state index in [2.05, 4.69) is 17.1 Å². The summed E-state index contributed by atoms with van der Waals surface area (Å²) in [5.41, 5.74) is 3.34. The molecule has 98 valence electrons. The van der Waals surface area contributed by atoms with E-state index in [0.717, 1.165) is 10.7 Å². The molecule has 5 heteroatoms. The number of thiazole rings is 1. The molecule has 0 aliphatic carbocycles. The van der Waals surface area contributed by atoms with Crippen molar-refractivity contribution in [2.75, 3.05) is 0 Å². The third-order valence-corrected chi connectivity index (χ3v) is 4.40. The Morgan fingerprint density at radius 2 is 2.00 bits per heavy atom. The average Bonchev–Trinajstić information content (AvgIpc) is 3.04. The third kappa shape index (κ3) is 2.65. The van der Waals surface area contributed by atoms with Gasteiger partial charge in [-0.2, -0.15) is 0 Å². The Morgan fingerprint density at radius 3 is 2.58 bits per heavy atom. The van der Waals surface area contributed by atoms with E-state index in [4.69, 9.17) is 11.6 Å². The van der Waals surface area contributed by atoms with Crippen LogP contribution in [0.2, 0.25) is 0 Å². The smallest absolute Gasteiger partial charge is 0.230 e. The molecular weight excluding hydrogens is 280 g/mol. The van der Waals surface area contributed by atoms with Crippen molar-refractivity contribution in [2.24, 2.45) is 0 Å². The molecule has 1 amide bonds. The van der Waals surface area contributed by atoms with Crippen molar-refractivity contribution in [2.45, 2.75) is 25.4 Å². The normalized spacial score (nSPS) is 13.6. The summed E-state index contributed by atoms with van der Waals surface area (Å²) >= 11 is 7.22. The van der Waals surface area contributed by atoms with E-state index in [1.165, 1.54) is 22.5 Å². The summed E-state index contributed by atoms with van der Waals surface area (Å²) in [4.78, 5) is 18.5. The molecule has 0 fully saturated rings. The topological polar surface area (TPSA) is 33.2 Å². The number of amides is 1. The molecule has 1 aliphatic rings. The Labute approximate surface area is 120 Å². The van der Waals surface area contributed by atoms with Gasteiger partial charge in [0.2, 0.25) is 5.91 Å². The molecule has 1 aliphatic heterocycles. The lowest BCUT2D eigenvalue weighted by atomic mass is 10.1. The average molecular weight is 293 g/mol. The van der Waals surface area contributed by atoms with Gasteiger partial charge in [0.25, 0.3) is 0 Å². The van der Waals surface area contributed by atoms with Crippen molar-refractivity contribution in [1.29, 1.82) is 0 Å². The Balaban J connectivity index is 1.66. The molecule has 1 aromatic carbocycles. The van der Waals surface area contributed by atoms with E-state index in [1.54, 1.807) is 0 Å². The monoisotopic (exact) mass is 292 g/mol. The van der Waals surface area contributed by atoms with Gasteiger partial charge in [-0.15, -0.1) is 22.9 Å². The molecule has 0 saturated heterocycles. The highest BCUT2D eigenvalue weighted by atomic mass is 35.5. The van der Waals surface area contributed by atoms with Crippen LogP contribution in [-0.2, 0) is 30.2 Å². The highest BCUT2D eigenvalue weighted by molar-refractivity contribution is 7.09. The molecular formula is C14H13ClN2OS. The van der Waals surface area contributed by atoms with Crippen LogP contribution in [0.15, 0.2) is 29.6 Å². The van der Waals surface area contributed by atoms with E-state index >= 15 is 0 Å². The SMILES string of the molecule is O=C(Cc1nc(CCl)cs1)N1Cc2ccccc2C1. The lowest BCUT2D eigenvalue weighted by molar-refractivity contribution is -0.131. The number of halogens is 1. The number of carbonyl (C=O) groups is 1. The molecule has 19 heavy (non-hydrogen) atoms. The second-order valence-corrected chi connectivity index (χ2v) is 5.77. The number of rotatable bonds is 3. The van der Waals surface area contributed by atoms with E-state index in [0.29, 0.717) is 25.4 Å². The third-order valence-electron chi connectivity index (χ3n) is 3.23. The van der Waals surface area contributed by atoms with Crippen LogP contribution in [0.4, 0.5) is 0 Å². The molecule has 0 unspecified atom stereocenters. The minimum atomic E-state index is 0.131. The zero-order valence-electron chi connectivity index (χ0n) is 10.3. The zero-order valence-corrected chi connectivity index (χ0v) is 11.9. The lowest BCUT2D eigenvalue weighted by Gasteiger charge is -2.14. The standard InChI is InChI=1S/C14H13ClN2OS/c15-6-12-9-19-13(16-12)5-14(18)17-7-10-3-1-2-4-11(10)8-17/h1-4,9H,5-8H2. The Morgan fingerprint density at radius 1 is 1.32 bits per heavy atom. The Kier molecular flexibility index (Phi) is 3.53. The number of hydrogen-bond acceptors (Lipinski definition) is 3. The molecule has 0 N–H and O–H groups in total. The van der Waals surface area contributed by atoms with Crippen LogP contribution in [0.5, 0.6) is 0 Å². The Hall–Kier alpha value is -1.39. The number of alkyl halides is 1. The van der Waals surface area contributed by atoms with Crippen LogP contribution in [-0.4, -0.2) is 15.8 Å². The summed E-state index contributed by atoms with van der Waals surface area (Å²) in [6, 6.07) is 8.19. The fourth-order valence-electron chi connectivity index (χ4n) is 2.24. The van der Waals surface area contributed by atoms with Gasteiger partial charge in [-0.3, -0.25) is 4.79 Å². The van der Waals surface area contributed by atoms with Gasteiger partial charge in [0.05, 0.1) is 18.0 Å². The minimum Gasteiger partial charge on any atom is -0.334 e. The molecule has 2 aromatic rings. The fraction of sp³-hybridized carbons (Fsp3) is 0.286. The first kappa shape index (κ1) is 12.6. The number of aromatic nitrogens is 1. The van der Waals surface area contributed by atoms with E-state index < -0.39 is 0 Å². The first-order valence-electron chi connectivity index (χ1n) is 6.10. The van der Waals surface area contributed by atoms with Gasteiger partial charge in [-0.1, -0.05) is 24.3 Å². The molecule has 3 rings (SSSR count). The number of carbonyl (C=O) groups excluding carboxylic acids is 1. The van der Waals surface area contributed by atoms with Crippen molar-refractivity contribution in [3.8, 4) is 0 Å².